The van der Waals surface area contributed by atoms with Crippen LogP contribution in [0.25, 0.3) is 0 Å². The van der Waals surface area contributed by atoms with Gasteiger partial charge in [0.15, 0.2) is 0 Å². The summed E-state index contributed by atoms with van der Waals surface area (Å²) in [5, 5.41) is 2.14. The van der Waals surface area contributed by atoms with Crippen molar-refractivity contribution >= 4 is 21.8 Å². The molecule has 160 valence electrons. The van der Waals surface area contributed by atoms with Crippen molar-refractivity contribution in [2.45, 2.75) is 25.3 Å². The summed E-state index contributed by atoms with van der Waals surface area (Å²) in [4.78, 5) is 25.5. The van der Waals surface area contributed by atoms with Gasteiger partial charge in [-0.3, -0.25) is 14.9 Å². The van der Waals surface area contributed by atoms with Gasteiger partial charge in [0, 0.05) is 13.1 Å². The van der Waals surface area contributed by atoms with E-state index in [0.717, 1.165) is 30.9 Å². The number of fused-ring (bicyclic) bond motifs is 1. The van der Waals surface area contributed by atoms with E-state index in [-0.39, 0.29) is 22.6 Å². The molecule has 2 amide bonds. The summed E-state index contributed by atoms with van der Waals surface area (Å²) in [6.45, 7) is 7.69. The van der Waals surface area contributed by atoms with E-state index in [9.17, 15) is 18.0 Å². The van der Waals surface area contributed by atoms with Crippen LogP contribution in [0.5, 0.6) is 5.75 Å². The van der Waals surface area contributed by atoms with Crippen LogP contribution in [0, 0.1) is 0 Å². The number of amides is 2. The van der Waals surface area contributed by atoms with Crippen LogP contribution in [0.1, 0.15) is 40.1 Å². The average Bonchev–Trinajstić information content (AvgIpc) is 3.04. The first-order valence-electron chi connectivity index (χ1n) is 9.77. The lowest BCUT2D eigenvalue weighted by Gasteiger charge is -2.18. The maximum absolute atomic E-state index is 12.6. The van der Waals surface area contributed by atoms with Crippen LogP contribution in [0.15, 0.2) is 47.4 Å². The van der Waals surface area contributed by atoms with Gasteiger partial charge in [0.05, 0.1) is 16.0 Å². The highest BCUT2D eigenvalue weighted by Crippen LogP contribution is 2.20. The minimum absolute atomic E-state index is 0.0640. The first kappa shape index (κ1) is 21.9. The van der Waals surface area contributed by atoms with E-state index in [1.807, 2.05) is 0 Å². The second kappa shape index (κ2) is 9.38. The smallest absolute Gasteiger partial charge is 0.258 e. The fourth-order valence-corrected chi connectivity index (χ4v) is 4.16. The standard InChI is InChI=1S/C21H25N3O5S/c1-3-24(4-2)11-12-29-16-7-5-15(6-8-16)14-22-30(27,28)17-9-10-18-19(13-17)21(26)23-20(18)25/h5-10,13,22H,3-4,11-12,14H2,1-2H3,(H,23,25,26). The molecule has 0 unspecified atom stereocenters. The molecule has 0 aromatic heterocycles. The first-order chi connectivity index (χ1) is 14.3. The molecule has 0 radical (unpaired) electrons. The third kappa shape index (κ3) is 5.05. The molecule has 1 aliphatic heterocycles. The van der Waals surface area contributed by atoms with Gasteiger partial charge in [-0.15, -0.1) is 0 Å². The Morgan fingerprint density at radius 3 is 2.30 bits per heavy atom. The second-order valence-electron chi connectivity index (χ2n) is 6.83. The normalized spacial score (nSPS) is 13.4. The molecule has 9 heteroatoms. The van der Waals surface area contributed by atoms with Gasteiger partial charge in [-0.1, -0.05) is 26.0 Å². The maximum Gasteiger partial charge on any atom is 0.258 e. The number of benzene rings is 2. The zero-order chi connectivity index (χ0) is 21.7. The Balaban J connectivity index is 1.58. The summed E-state index contributed by atoms with van der Waals surface area (Å²) in [6.07, 6.45) is 0. The van der Waals surface area contributed by atoms with Gasteiger partial charge in [0.25, 0.3) is 11.8 Å². The number of ether oxygens (including phenoxy) is 1. The SMILES string of the molecule is CCN(CC)CCOc1ccc(CNS(=O)(=O)c2ccc3c(c2)C(=O)NC3=O)cc1. The van der Waals surface area contributed by atoms with Crippen LogP contribution in [0.2, 0.25) is 0 Å². The molecule has 2 aromatic rings. The molecule has 30 heavy (non-hydrogen) atoms. The Labute approximate surface area is 176 Å². The van der Waals surface area contributed by atoms with Crippen LogP contribution in [-0.2, 0) is 16.6 Å². The lowest BCUT2D eigenvalue weighted by atomic mass is 10.1. The minimum atomic E-state index is -3.84. The molecule has 1 heterocycles. The predicted molar refractivity (Wildman–Crippen MR) is 112 cm³/mol. The molecular weight excluding hydrogens is 406 g/mol. The first-order valence-corrected chi connectivity index (χ1v) is 11.3. The largest absolute Gasteiger partial charge is 0.492 e. The topological polar surface area (TPSA) is 105 Å². The molecule has 0 saturated heterocycles. The molecule has 0 atom stereocenters. The Morgan fingerprint density at radius 2 is 1.63 bits per heavy atom. The Morgan fingerprint density at radius 1 is 0.967 bits per heavy atom. The van der Waals surface area contributed by atoms with Crippen molar-refractivity contribution in [2.24, 2.45) is 0 Å². The Bertz CT molecular complexity index is 1030. The zero-order valence-electron chi connectivity index (χ0n) is 17.0. The number of nitrogens with zero attached hydrogens (tertiary/aromatic N) is 1. The summed E-state index contributed by atoms with van der Waals surface area (Å²) < 4.78 is 33.4. The average molecular weight is 432 g/mol. The molecule has 1 aliphatic rings. The van der Waals surface area contributed by atoms with E-state index >= 15 is 0 Å². The van der Waals surface area contributed by atoms with Gasteiger partial charge >= 0.3 is 0 Å². The lowest BCUT2D eigenvalue weighted by molar-refractivity contribution is 0.0879. The van der Waals surface area contributed by atoms with E-state index in [0.29, 0.717) is 6.61 Å². The van der Waals surface area contributed by atoms with Gasteiger partial charge in [-0.2, -0.15) is 0 Å². The number of sulfonamides is 1. The molecule has 0 spiro atoms. The lowest BCUT2D eigenvalue weighted by Crippen LogP contribution is -2.27. The molecule has 0 saturated carbocycles. The number of hydrogen-bond donors (Lipinski definition) is 2. The monoisotopic (exact) mass is 431 g/mol. The van der Waals surface area contributed by atoms with Crippen LogP contribution in [0.3, 0.4) is 0 Å². The summed E-state index contributed by atoms with van der Waals surface area (Å²) in [5.41, 5.74) is 1.01. The summed E-state index contributed by atoms with van der Waals surface area (Å²) in [7, 11) is -3.84. The maximum atomic E-state index is 12.6. The molecule has 0 bridgehead atoms. The number of rotatable bonds is 10. The van der Waals surface area contributed by atoms with Crippen molar-refractivity contribution in [3.05, 3.63) is 59.2 Å². The summed E-state index contributed by atoms with van der Waals surface area (Å²) >= 11 is 0. The Kier molecular flexibility index (Phi) is 6.86. The molecule has 2 N–H and O–H groups in total. The van der Waals surface area contributed by atoms with E-state index in [1.54, 1.807) is 24.3 Å². The quantitative estimate of drug-likeness (QED) is 0.556. The molecule has 0 fully saturated rings. The third-order valence-corrected chi connectivity index (χ3v) is 6.38. The van der Waals surface area contributed by atoms with Crippen LogP contribution in [-0.4, -0.2) is 51.4 Å². The number of nitrogens with one attached hydrogen (secondary N) is 2. The van der Waals surface area contributed by atoms with Gasteiger partial charge in [-0.25, -0.2) is 13.1 Å². The fourth-order valence-electron chi connectivity index (χ4n) is 3.11. The molecule has 0 aliphatic carbocycles. The third-order valence-electron chi connectivity index (χ3n) is 4.98. The molecular formula is C21H25N3O5S. The van der Waals surface area contributed by atoms with E-state index in [2.05, 4.69) is 28.8 Å². The van der Waals surface area contributed by atoms with E-state index < -0.39 is 21.8 Å². The molecule has 8 nitrogen and oxygen atoms in total. The van der Waals surface area contributed by atoms with Crippen LogP contribution < -0.4 is 14.8 Å². The number of likely N-dealkylation sites (N-methyl/N-ethyl adjacent to an activating group) is 1. The highest BCUT2D eigenvalue weighted by atomic mass is 32.2. The number of hydrogen-bond acceptors (Lipinski definition) is 6. The van der Waals surface area contributed by atoms with Crippen LogP contribution in [0.4, 0.5) is 0 Å². The number of carbonyl (C=O) groups is 2. The van der Waals surface area contributed by atoms with Crippen molar-refractivity contribution < 1.29 is 22.7 Å². The summed E-state index contributed by atoms with van der Waals surface area (Å²) in [5.74, 6) is -0.391. The fraction of sp³-hybridized carbons (Fsp3) is 0.333. The summed E-state index contributed by atoms with van der Waals surface area (Å²) in [6, 6.07) is 11.1. The van der Waals surface area contributed by atoms with Crippen molar-refractivity contribution in [2.75, 3.05) is 26.2 Å². The number of imide groups is 1. The van der Waals surface area contributed by atoms with E-state index in [4.69, 9.17) is 4.74 Å². The second-order valence-corrected chi connectivity index (χ2v) is 8.60. The van der Waals surface area contributed by atoms with Crippen molar-refractivity contribution in [3.8, 4) is 5.75 Å². The van der Waals surface area contributed by atoms with Crippen molar-refractivity contribution in [3.63, 3.8) is 0 Å². The highest BCUT2D eigenvalue weighted by Gasteiger charge is 2.28. The van der Waals surface area contributed by atoms with E-state index in [1.165, 1.54) is 18.2 Å². The van der Waals surface area contributed by atoms with Crippen LogP contribution >= 0.6 is 0 Å². The van der Waals surface area contributed by atoms with Crippen molar-refractivity contribution in [1.29, 1.82) is 0 Å². The predicted octanol–water partition coefficient (Wildman–Crippen LogP) is 1.77. The van der Waals surface area contributed by atoms with Gasteiger partial charge < -0.3 is 9.64 Å². The number of carbonyl (C=O) groups excluding carboxylic acids is 2. The zero-order valence-corrected chi connectivity index (χ0v) is 17.8. The molecule has 2 aromatic carbocycles. The Hall–Kier alpha value is -2.75. The molecule has 3 rings (SSSR count). The van der Waals surface area contributed by atoms with Gasteiger partial charge in [0.1, 0.15) is 12.4 Å². The van der Waals surface area contributed by atoms with Crippen molar-refractivity contribution in [1.82, 2.24) is 14.9 Å². The minimum Gasteiger partial charge on any atom is -0.492 e. The highest BCUT2D eigenvalue weighted by molar-refractivity contribution is 7.89. The van der Waals surface area contributed by atoms with Gasteiger partial charge in [-0.05, 0) is 49.0 Å². The van der Waals surface area contributed by atoms with Gasteiger partial charge in [0.2, 0.25) is 10.0 Å².